The van der Waals surface area contributed by atoms with Crippen LogP contribution >= 0.6 is 0 Å². The van der Waals surface area contributed by atoms with Crippen LogP contribution < -0.4 is 15.4 Å². The normalized spacial score (nSPS) is 11.2. The number of hydrogen-bond donors (Lipinski definition) is 2. The summed E-state index contributed by atoms with van der Waals surface area (Å²) >= 11 is 0. The number of nitrogens with one attached hydrogen (secondary N) is 2. The van der Waals surface area contributed by atoms with Crippen LogP contribution in [0.15, 0.2) is 36.9 Å². The van der Waals surface area contributed by atoms with Gasteiger partial charge in [-0.15, -0.1) is 0 Å². The molecule has 2 amide bonds. The average Bonchev–Trinajstić information content (AvgIpc) is 3.06. The summed E-state index contributed by atoms with van der Waals surface area (Å²) in [6, 6.07) is 2.74. The van der Waals surface area contributed by atoms with E-state index in [1.807, 2.05) is 4.57 Å². The number of carbonyl (C=O) groups excluding carboxylic acids is 1. The molecule has 6 nitrogen and oxygen atoms in total. The Hall–Kier alpha value is -2.71. The Kier molecular flexibility index (Phi) is 6.26. The fourth-order valence-corrected chi connectivity index (χ4v) is 2.17. The fraction of sp³-hybridized carbons (Fsp3) is 0.375. The number of nitrogens with zero attached hydrogens (tertiary/aromatic N) is 2. The monoisotopic (exact) mass is 356 g/mol. The van der Waals surface area contributed by atoms with Crippen LogP contribution in [0.5, 0.6) is 5.75 Å². The van der Waals surface area contributed by atoms with E-state index in [1.165, 1.54) is 12.1 Å². The number of aryl methyl sites for hydroxylation is 1. The van der Waals surface area contributed by atoms with E-state index in [1.54, 1.807) is 25.6 Å². The smallest absolute Gasteiger partial charge is 0.418 e. The number of ether oxygens (including phenoxy) is 1. The van der Waals surface area contributed by atoms with Crippen molar-refractivity contribution < 1.29 is 22.7 Å². The molecule has 0 unspecified atom stereocenters. The van der Waals surface area contributed by atoms with Gasteiger partial charge < -0.3 is 19.9 Å². The van der Waals surface area contributed by atoms with Crippen molar-refractivity contribution >= 4 is 11.7 Å². The number of imidazole rings is 1. The predicted molar refractivity (Wildman–Crippen MR) is 86.5 cm³/mol. The minimum Gasteiger partial charge on any atom is -0.494 e. The molecule has 0 saturated heterocycles. The first-order chi connectivity index (χ1) is 11.9. The van der Waals surface area contributed by atoms with Gasteiger partial charge in [-0.2, -0.15) is 13.2 Å². The van der Waals surface area contributed by atoms with Crippen LogP contribution in [0.4, 0.5) is 23.7 Å². The van der Waals surface area contributed by atoms with E-state index in [0.29, 0.717) is 19.5 Å². The molecule has 1 aromatic heterocycles. The van der Waals surface area contributed by atoms with Gasteiger partial charge in [-0.3, -0.25) is 0 Å². The number of halogens is 3. The Bertz CT molecular complexity index is 687. The van der Waals surface area contributed by atoms with Crippen molar-refractivity contribution in [2.75, 3.05) is 18.5 Å². The molecule has 2 aromatic rings. The first-order valence-corrected chi connectivity index (χ1v) is 7.74. The number of benzene rings is 1. The third kappa shape index (κ3) is 5.70. The van der Waals surface area contributed by atoms with Crippen LogP contribution in [-0.2, 0) is 12.7 Å². The molecule has 0 aliphatic heterocycles. The molecule has 0 saturated carbocycles. The molecule has 0 aliphatic carbocycles. The molecule has 0 aliphatic rings. The molecule has 0 fully saturated rings. The van der Waals surface area contributed by atoms with Crippen molar-refractivity contribution in [1.82, 2.24) is 14.9 Å². The highest BCUT2D eigenvalue weighted by atomic mass is 19.4. The Labute approximate surface area is 143 Å². The van der Waals surface area contributed by atoms with Gasteiger partial charge in [0.25, 0.3) is 0 Å². The van der Waals surface area contributed by atoms with Crippen molar-refractivity contribution in [3.63, 3.8) is 0 Å². The Morgan fingerprint density at radius 3 is 2.80 bits per heavy atom. The molecule has 9 heteroatoms. The van der Waals surface area contributed by atoms with Gasteiger partial charge in [0.05, 0.1) is 24.2 Å². The number of hydrogen-bond acceptors (Lipinski definition) is 3. The van der Waals surface area contributed by atoms with E-state index in [2.05, 4.69) is 15.6 Å². The second kappa shape index (κ2) is 8.41. The summed E-state index contributed by atoms with van der Waals surface area (Å²) in [6.07, 6.45) is 1.10. The minimum atomic E-state index is -4.60. The zero-order valence-electron chi connectivity index (χ0n) is 13.6. The van der Waals surface area contributed by atoms with Crippen LogP contribution in [0, 0.1) is 0 Å². The predicted octanol–water partition coefficient (Wildman–Crippen LogP) is 3.51. The van der Waals surface area contributed by atoms with E-state index in [4.69, 9.17) is 4.74 Å². The third-order valence-electron chi connectivity index (χ3n) is 3.29. The Balaban J connectivity index is 1.92. The van der Waals surface area contributed by atoms with Crippen LogP contribution in [0.1, 0.15) is 18.9 Å². The van der Waals surface area contributed by atoms with E-state index in [0.717, 1.165) is 6.07 Å². The lowest BCUT2D eigenvalue weighted by atomic mass is 10.1. The molecule has 2 rings (SSSR count). The van der Waals surface area contributed by atoms with Gasteiger partial charge in [-0.1, -0.05) is 0 Å². The fourth-order valence-electron chi connectivity index (χ4n) is 2.17. The largest absolute Gasteiger partial charge is 0.494 e. The lowest BCUT2D eigenvalue weighted by Gasteiger charge is -2.16. The van der Waals surface area contributed by atoms with Crippen molar-refractivity contribution in [2.24, 2.45) is 0 Å². The van der Waals surface area contributed by atoms with Gasteiger partial charge in [0.1, 0.15) is 5.75 Å². The van der Waals surface area contributed by atoms with Crippen LogP contribution in [0.2, 0.25) is 0 Å². The lowest BCUT2D eigenvalue weighted by molar-refractivity contribution is -0.137. The number of anilines is 1. The first-order valence-electron chi connectivity index (χ1n) is 7.74. The first kappa shape index (κ1) is 18.6. The maximum Gasteiger partial charge on any atom is 0.418 e. The van der Waals surface area contributed by atoms with E-state index in [9.17, 15) is 18.0 Å². The van der Waals surface area contributed by atoms with Crippen molar-refractivity contribution in [1.29, 1.82) is 0 Å². The highest BCUT2D eigenvalue weighted by Gasteiger charge is 2.34. The molecule has 2 N–H and O–H groups in total. The SMILES string of the molecule is CCOc1ccc(NC(=O)NCCCn2ccnc2)c(C(F)(F)F)c1. The number of alkyl halides is 3. The maximum absolute atomic E-state index is 13.1. The number of rotatable bonds is 7. The van der Waals surface area contributed by atoms with Crippen molar-refractivity contribution in [3.05, 3.63) is 42.5 Å². The summed E-state index contributed by atoms with van der Waals surface area (Å²) in [7, 11) is 0. The maximum atomic E-state index is 13.1. The molecule has 136 valence electrons. The van der Waals surface area contributed by atoms with Crippen molar-refractivity contribution in [3.8, 4) is 5.75 Å². The highest BCUT2D eigenvalue weighted by Crippen LogP contribution is 2.37. The summed E-state index contributed by atoms with van der Waals surface area (Å²) in [6.45, 7) is 2.90. The standard InChI is InChI=1S/C16H19F3N4O2/c1-2-25-12-4-5-14(13(10-12)16(17,18)19)22-15(24)21-6-3-8-23-9-7-20-11-23/h4-5,7,9-11H,2-3,6,8H2,1H3,(H2,21,22,24). The zero-order valence-corrected chi connectivity index (χ0v) is 13.6. The number of aromatic nitrogens is 2. The second-order valence-corrected chi connectivity index (χ2v) is 5.17. The average molecular weight is 356 g/mol. The summed E-state index contributed by atoms with van der Waals surface area (Å²) in [5.41, 5.74) is -1.27. The number of amides is 2. The summed E-state index contributed by atoms with van der Waals surface area (Å²) < 4.78 is 46.4. The topological polar surface area (TPSA) is 68.2 Å². The zero-order chi connectivity index (χ0) is 18.3. The third-order valence-corrected chi connectivity index (χ3v) is 3.29. The van der Waals surface area contributed by atoms with Gasteiger partial charge in [0.15, 0.2) is 0 Å². The molecule has 1 aromatic carbocycles. The summed E-state index contributed by atoms with van der Waals surface area (Å²) in [5.74, 6) is 0.0983. The van der Waals surface area contributed by atoms with E-state index < -0.39 is 17.8 Å². The molecule has 0 bridgehead atoms. The quantitative estimate of drug-likeness (QED) is 0.746. The van der Waals surface area contributed by atoms with Crippen molar-refractivity contribution in [2.45, 2.75) is 26.1 Å². The Morgan fingerprint density at radius 1 is 1.36 bits per heavy atom. The molecule has 1 heterocycles. The van der Waals surface area contributed by atoms with E-state index >= 15 is 0 Å². The van der Waals surface area contributed by atoms with Crippen LogP contribution in [-0.4, -0.2) is 28.7 Å². The molecule has 0 radical (unpaired) electrons. The van der Waals surface area contributed by atoms with Gasteiger partial charge >= 0.3 is 12.2 Å². The lowest BCUT2D eigenvalue weighted by Crippen LogP contribution is -2.30. The summed E-state index contributed by atoms with van der Waals surface area (Å²) in [5, 5.41) is 4.76. The molecule has 25 heavy (non-hydrogen) atoms. The minimum absolute atomic E-state index is 0.0983. The van der Waals surface area contributed by atoms with Crippen LogP contribution in [0.3, 0.4) is 0 Å². The van der Waals surface area contributed by atoms with Gasteiger partial charge in [0, 0.05) is 25.5 Å². The Morgan fingerprint density at radius 2 is 2.16 bits per heavy atom. The molecular formula is C16H19F3N4O2. The number of carbonyl (C=O) groups is 1. The van der Waals surface area contributed by atoms with E-state index in [-0.39, 0.29) is 18.0 Å². The molecular weight excluding hydrogens is 337 g/mol. The van der Waals surface area contributed by atoms with Gasteiger partial charge in [-0.05, 0) is 31.5 Å². The van der Waals surface area contributed by atoms with Gasteiger partial charge in [0.2, 0.25) is 0 Å². The highest BCUT2D eigenvalue weighted by molar-refractivity contribution is 5.90. The second-order valence-electron chi connectivity index (χ2n) is 5.17. The van der Waals surface area contributed by atoms with Crippen LogP contribution in [0.25, 0.3) is 0 Å². The summed E-state index contributed by atoms with van der Waals surface area (Å²) in [4.78, 5) is 15.7. The number of urea groups is 1. The van der Waals surface area contributed by atoms with Gasteiger partial charge in [-0.25, -0.2) is 9.78 Å². The molecule has 0 atom stereocenters. The molecule has 0 spiro atoms.